The summed E-state index contributed by atoms with van der Waals surface area (Å²) < 4.78 is 0. The summed E-state index contributed by atoms with van der Waals surface area (Å²) >= 11 is 1.85. The third kappa shape index (κ3) is 6.54. The van der Waals surface area contributed by atoms with Gasteiger partial charge in [0.25, 0.3) is 0 Å². The monoisotopic (exact) mass is 249 g/mol. The third-order valence-corrected chi connectivity index (χ3v) is 3.53. The molecule has 94 valence electrons. The second-order valence-electron chi connectivity index (χ2n) is 4.91. The molecule has 0 saturated carbocycles. The number of nitrogens with one attached hydrogen (secondary N) is 1. The van der Waals surface area contributed by atoms with Gasteiger partial charge in [-0.1, -0.05) is 38.1 Å². The normalized spacial score (nSPS) is 10.8. The Morgan fingerprint density at radius 2 is 1.94 bits per heavy atom. The molecule has 0 amide bonds. The minimum absolute atomic E-state index is 0.709. The lowest BCUT2D eigenvalue weighted by Gasteiger charge is -2.08. The summed E-state index contributed by atoms with van der Waals surface area (Å²) in [6, 6.07) is 8.79. The summed E-state index contributed by atoms with van der Waals surface area (Å²) in [6.45, 7) is 12.5. The fourth-order valence-electron chi connectivity index (χ4n) is 1.42. The molecule has 0 atom stereocenters. The first-order valence-electron chi connectivity index (χ1n) is 6.14. The van der Waals surface area contributed by atoms with Crippen LogP contribution in [0.25, 0.3) is 0 Å². The summed E-state index contributed by atoms with van der Waals surface area (Å²) in [5.41, 5.74) is 2.57. The molecule has 0 aliphatic carbocycles. The van der Waals surface area contributed by atoms with Crippen LogP contribution in [0.5, 0.6) is 0 Å². The second kappa shape index (κ2) is 7.57. The number of thioether (sulfide) groups is 1. The van der Waals surface area contributed by atoms with Crippen LogP contribution in [-0.2, 0) is 6.54 Å². The van der Waals surface area contributed by atoms with E-state index >= 15 is 0 Å². The van der Waals surface area contributed by atoms with E-state index in [9.17, 15) is 0 Å². The largest absolute Gasteiger partial charge is 0.312 e. The standard InChI is InChI=1S/C15H23NS/c1-12(2)9-16-10-14-5-7-15(8-6-14)17-11-13(3)4/h5-8,12,16H,3,9-11H2,1-2,4H3. The average molecular weight is 249 g/mol. The molecule has 0 radical (unpaired) electrons. The maximum absolute atomic E-state index is 3.91. The zero-order chi connectivity index (χ0) is 12.7. The van der Waals surface area contributed by atoms with Crippen molar-refractivity contribution < 1.29 is 0 Å². The summed E-state index contributed by atoms with van der Waals surface area (Å²) in [5.74, 6) is 1.71. The molecule has 0 saturated heterocycles. The lowest BCUT2D eigenvalue weighted by Crippen LogP contribution is -2.18. The molecule has 0 aliphatic rings. The fourth-order valence-corrected chi connectivity index (χ4v) is 2.16. The fraction of sp³-hybridized carbons (Fsp3) is 0.467. The van der Waals surface area contributed by atoms with Crippen molar-refractivity contribution in [2.24, 2.45) is 5.92 Å². The summed E-state index contributed by atoms with van der Waals surface area (Å²) in [7, 11) is 0. The number of benzene rings is 1. The van der Waals surface area contributed by atoms with E-state index in [4.69, 9.17) is 0 Å². The van der Waals surface area contributed by atoms with Gasteiger partial charge in [-0.15, -0.1) is 11.8 Å². The lowest BCUT2D eigenvalue weighted by atomic mass is 10.2. The highest BCUT2D eigenvalue weighted by atomic mass is 32.2. The molecular weight excluding hydrogens is 226 g/mol. The first-order chi connectivity index (χ1) is 8.08. The molecule has 1 rings (SSSR count). The molecule has 1 N–H and O–H groups in total. The van der Waals surface area contributed by atoms with Crippen molar-refractivity contribution in [3.05, 3.63) is 42.0 Å². The van der Waals surface area contributed by atoms with Gasteiger partial charge in [0, 0.05) is 17.2 Å². The van der Waals surface area contributed by atoms with Crippen molar-refractivity contribution in [1.82, 2.24) is 5.32 Å². The molecule has 2 heteroatoms. The Kier molecular flexibility index (Phi) is 6.38. The average Bonchev–Trinajstić information content (AvgIpc) is 2.27. The van der Waals surface area contributed by atoms with Crippen LogP contribution in [0.4, 0.5) is 0 Å². The number of rotatable bonds is 7. The Morgan fingerprint density at radius 1 is 1.29 bits per heavy atom. The van der Waals surface area contributed by atoms with Gasteiger partial charge in [0.05, 0.1) is 0 Å². The molecular formula is C15H23NS. The van der Waals surface area contributed by atoms with Crippen LogP contribution >= 0.6 is 11.8 Å². The van der Waals surface area contributed by atoms with Gasteiger partial charge in [0.15, 0.2) is 0 Å². The molecule has 1 aromatic carbocycles. The second-order valence-corrected chi connectivity index (χ2v) is 5.96. The van der Waals surface area contributed by atoms with Crippen molar-refractivity contribution in [3.8, 4) is 0 Å². The SMILES string of the molecule is C=C(C)CSc1ccc(CNCC(C)C)cc1. The van der Waals surface area contributed by atoms with Gasteiger partial charge in [-0.25, -0.2) is 0 Å². The summed E-state index contributed by atoms with van der Waals surface area (Å²) in [4.78, 5) is 1.32. The van der Waals surface area contributed by atoms with Crippen molar-refractivity contribution in [2.45, 2.75) is 32.2 Å². The minimum Gasteiger partial charge on any atom is -0.312 e. The quantitative estimate of drug-likeness (QED) is 0.577. The molecule has 0 aromatic heterocycles. The van der Waals surface area contributed by atoms with E-state index in [1.54, 1.807) is 0 Å². The third-order valence-electron chi connectivity index (χ3n) is 2.29. The van der Waals surface area contributed by atoms with Crippen molar-refractivity contribution in [1.29, 1.82) is 0 Å². The van der Waals surface area contributed by atoms with Crippen LogP contribution in [0, 0.1) is 5.92 Å². The highest BCUT2D eigenvalue weighted by molar-refractivity contribution is 7.99. The van der Waals surface area contributed by atoms with Crippen LogP contribution in [0.1, 0.15) is 26.3 Å². The highest BCUT2D eigenvalue weighted by Crippen LogP contribution is 2.20. The highest BCUT2D eigenvalue weighted by Gasteiger charge is 1.97. The zero-order valence-corrected chi connectivity index (χ0v) is 11.9. The molecule has 0 unspecified atom stereocenters. The van der Waals surface area contributed by atoms with Gasteiger partial charge in [-0.3, -0.25) is 0 Å². The van der Waals surface area contributed by atoms with Crippen LogP contribution in [0.2, 0.25) is 0 Å². The predicted octanol–water partition coefficient (Wildman–Crippen LogP) is 4.10. The molecule has 1 aromatic rings. The van der Waals surface area contributed by atoms with E-state index in [0.717, 1.165) is 18.8 Å². The van der Waals surface area contributed by atoms with Crippen LogP contribution < -0.4 is 5.32 Å². The van der Waals surface area contributed by atoms with Crippen molar-refractivity contribution in [3.63, 3.8) is 0 Å². The van der Waals surface area contributed by atoms with Crippen LogP contribution in [0.15, 0.2) is 41.3 Å². The van der Waals surface area contributed by atoms with Gasteiger partial charge in [-0.2, -0.15) is 0 Å². The summed E-state index contributed by atoms with van der Waals surface area (Å²) in [5, 5.41) is 3.45. The maximum Gasteiger partial charge on any atom is 0.0205 e. The van der Waals surface area contributed by atoms with Crippen LogP contribution in [-0.4, -0.2) is 12.3 Å². The van der Waals surface area contributed by atoms with Gasteiger partial charge in [-0.05, 0) is 37.1 Å². The van der Waals surface area contributed by atoms with Gasteiger partial charge < -0.3 is 5.32 Å². The van der Waals surface area contributed by atoms with Gasteiger partial charge in [0.1, 0.15) is 0 Å². The van der Waals surface area contributed by atoms with E-state index in [1.165, 1.54) is 16.0 Å². The van der Waals surface area contributed by atoms with E-state index in [0.29, 0.717) is 5.92 Å². The minimum atomic E-state index is 0.709. The Morgan fingerprint density at radius 3 is 2.47 bits per heavy atom. The Balaban J connectivity index is 2.36. The van der Waals surface area contributed by atoms with E-state index in [-0.39, 0.29) is 0 Å². The summed E-state index contributed by atoms with van der Waals surface area (Å²) in [6.07, 6.45) is 0. The molecule has 0 aliphatic heterocycles. The molecule has 0 heterocycles. The smallest absolute Gasteiger partial charge is 0.0205 e. The molecule has 0 bridgehead atoms. The first-order valence-corrected chi connectivity index (χ1v) is 7.13. The molecule has 0 spiro atoms. The van der Waals surface area contributed by atoms with Gasteiger partial charge in [0.2, 0.25) is 0 Å². The van der Waals surface area contributed by atoms with Crippen molar-refractivity contribution in [2.75, 3.05) is 12.3 Å². The predicted molar refractivity (Wildman–Crippen MR) is 78.5 cm³/mol. The van der Waals surface area contributed by atoms with Crippen LogP contribution in [0.3, 0.4) is 0 Å². The zero-order valence-electron chi connectivity index (χ0n) is 11.1. The Hall–Kier alpha value is -0.730. The lowest BCUT2D eigenvalue weighted by molar-refractivity contribution is 0.552. The van der Waals surface area contributed by atoms with E-state index in [2.05, 4.69) is 56.9 Å². The maximum atomic E-state index is 3.91. The van der Waals surface area contributed by atoms with Crippen molar-refractivity contribution >= 4 is 11.8 Å². The molecule has 0 fully saturated rings. The number of hydrogen-bond donors (Lipinski definition) is 1. The Labute approximate surface area is 110 Å². The van der Waals surface area contributed by atoms with E-state index in [1.807, 2.05) is 11.8 Å². The first kappa shape index (κ1) is 14.3. The Bertz CT molecular complexity index is 340. The molecule has 17 heavy (non-hydrogen) atoms. The topological polar surface area (TPSA) is 12.0 Å². The number of hydrogen-bond acceptors (Lipinski definition) is 2. The van der Waals surface area contributed by atoms with Gasteiger partial charge >= 0.3 is 0 Å². The van der Waals surface area contributed by atoms with E-state index < -0.39 is 0 Å². The molecule has 1 nitrogen and oxygen atoms in total.